The molecule has 0 saturated carbocycles. The Morgan fingerprint density at radius 3 is 2.96 bits per heavy atom. The maximum atomic E-state index is 13.5. The molecule has 1 fully saturated rings. The van der Waals surface area contributed by atoms with Gasteiger partial charge < -0.3 is 15.0 Å². The number of methoxy groups -OCH3 is 1. The Morgan fingerprint density at radius 1 is 1.46 bits per heavy atom. The number of nitro groups is 1. The molecule has 2 aromatic rings. The molecule has 1 aromatic heterocycles. The van der Waals surface area contributed by atoms with Crippen LogP contribution in [0.25, 0.3) is 0 Å². The van der Waals surface area contributed by atoms with Crippen LogP contribution in [0.2, 0.25) is 0 Å². The lowest BCUT2D eigenvalue weighted by atomic mass is 10.1. The molecule has 0 bridgehead atoms. The van der Waals surface area contributed by atoms with Gasteiger partial charge >= 0.3 is 5.69 Å². The van der Waals surface area contributed by atoms with Crippen molar-refractivity contribution in [1.29, 1.82) is 0 Å². The predicted molar refractivity (Wildman–Crippen MR) is 96.2 cm³/mol. The van der Waals surface area contributed by atoms with Crippen LogP contribution < -0.4 is 15.0 Å². The summed E-state index contributed by atoms with van der Waals surface area (Å²) >= 11 is 0. The van der Waals surface area contributed by atoms with Gasteiger partial charge in [-0.1, -0.05) is 6.07 Å². The van der Waals surface area contributed by atoms with Crippen LogP contribution in [0.1, 0.15) is 12.0 Å². The number of halogens is 1. The number of aromatic nitrogens is 1. The molecule has 2 heterocycles. The molecule has 1 unspecified atom stereocenters. The van der Waals surface area contributed by atoms with E-state index >= 15 is 0 Å². The lowest BCUT2D eigenvalue weighted by molar-refractivity contribution is -0.387. The number of ether oxygens (including phenoxy) is 1. The molecule has 146 valence electrons. The zero-order valence-corrected chi connectivity index (χ0v) is 14.9. The Kier molecular flexibility index (Phi) is 5.48. The maximum Gasteiger partial charge on any atom is 0.306 e. The van der Waals surface area contributed by atoms with Gasteiger partial charge in [-0.05, 0) is 18.2 Å². The van der Waals surface area contributed by atoms with Crippen LogP contribution >= 0.6 is 0 Å². The number of benzene rings is 1. The Bertz CT molecular complexity index is 936. The van der Waals surface area contributed by atoms with E-state index in [1.165, 1.54) is 18.1 Å². The van der Waals surface area contributed by atoms with Crippen LogP contribution in [0.5, 0.6) is 5.88 Å². The first-order chi connectivity index (χ1) is 13.4. The first-order valence-electron chi connectivity index (χ1n) is 8.40. The average Bonchev–Trinajstić information content (AvgIpc) is 3.08. The molecule has 1 aliphatic rings. The van der Waals surface area contributed by atoms with Crippen LogP contribution in [-0.2, 0) is 16.1 Å². The SMILES string of the molecule is COc1ncccc1CNC(=O)C1CC(=O)N(c2ccc(F)c([N+](=O)[O-])c2)C1. The summed E-state index contributed by atoms with van der Waals surface area (Å²) in [6.45, 7) is 0.236. The van der Waals surface area contributed by atoms with E-state index in [4.69, 9.17) is 4.74 Å². The topological polar surface area (TPSA) is 115 Å². The van der Waals surface area contributed by atoms with E-state index < -0.39 is 22.3 Å². The van der Waals surface area contributed by atoms with Crippen molar-refractivity contribution in [3.8, 4) is 5.88 Å². The van der Waals surface area contributed by atoms with Crippen molar-refractivity contribution < 1.29 is 23.6 Å². The Morgan fingerprint density at radius 2 is 2.25 bits per heavy atom. The van der Waals surface area contributed by atoms with Crippen LogP contribution in [-0.4, -0.2) is 35.4 Å². The molecule has 1 aromatic carbocycles. The van der Waals surface area contributed by atoms with Crippen LogP contribution in [0, 0.1) is 21.8 Å². The van der Waals surface area contributed by atoms with E-state index in [-0.39, 0.29) is 37.0 Å². The van der Waals surface area contributed by atoms with Crippen molar-refractivity contribution in [2.24, 2.45) is 5.92 Å². The lowest BCUT2D eigenvalue weighted by Crippen LogP contribution is -2.32. The molecule has 1 atom stereocenters. The fourth-order valence-electron chi connectivity index (χ4n) is 3.01. The smallest absolute Gasteiger partial charge is 0.306 e. The van der Waals surface area contributed by atoms with E-state index in [2.05, 4.69) is 10.3 Å². The molecule has 0 radical (unpaired) electrons. The Hall–Kier alpha value is -3.56. The summed E-state index contributed by atoms with van der Waals surface area (Å²) in [5.74, 6) is -1.91. The third-order valence-corrected chi connectivity index (χ3v) is 4.43. The van der Waals surface area contributed by atoms with Gasteiger partial charge in [0.05, 0.1) is 23.6 Å². The number of anilines is 1. The van der Waals surface area contributed by atoms with Crippen molar-refractivity contribution in [2.75, 3.05) is 18.6 Å². The monoisotopic (exact) mass is 388 g/mol. The van der Waals surface area contributed by atoms with E-state index in [0.29, 0.717) is 11.4 Å². The number of hydrogen-bond donors (Lipinski definition) is 1. The molecule has 1 N–H and O–H groups in total. The zero-order chi connectivity index (χ0) is 20.3. The van der Waals surface area contributed by atoms with Gasteiger partial charge in [-0.3, -0.25) is 19.7 Å². The van der Waals surface area contributed by atoms with Gasteiger partial charge in [-0.2, -0.15) is 4.39 Å². The van der Waals surface area contributed by atoms with Gasteiger partial charge in [0.15, 0.2) is 0 Å². The summed E-state index contributed by atoms with van der Waals surface area (Å²) in [6.07, 6.45) is 1.53. The number of nitro benzene ring substituents is 1. The second-order valence-corrected chi connectivity index (χ2v) is 6.19. The number of pyridine rings is 1. The van der Waals surface area contributed by atoms with Gasteiger partial charge in [-0.15, -0.1) is 0 Å². The van der Waals surface area contributed by atoms with Crippen LogP contribution in [0.4, 0.5) is 15.8 Å². The Labute approximate surface area is 159 Å². The number of nitrogens with one attached hydrogen (secondary N) is 1. The standard InChI is InChI=1S/C18H17FN4O5/c1-28-18-11(3-2-6-20-18)9-21-17(25)12-7-16(24)22(10-12)13-4-5-14(19)15(8-13)23(26)27/h2-6,8,12H,7,9-10H2,1H3,(H,21,25). The summed E-state index contributed by atoms with van der Waals surface area (Å²) in [4.78, 5) is 40.1. The zero-order valence-electron chi connectivity index (χ0n) is 14.9. The summed E-state index contributed by atoms with van der Waals surface area (Å²) in [6, 6.07) is 6.68. The average molecular weight is 388 g/mol. The minimum Gasteiger partial charge on any atom is -0.481 e. The first kappa shape index (κ1) is 19.2. The normalized spacial score (nSPS) is 16.1. The Balaban J connectivity index is 1.68. The van der Waals surface area contributed by atoms with Crippen molar-refractivity contribution in [3.05, 3.63) is 58.0 Å². The number of carbonyl (C=O) groups excluding carboxylic acids is 2. The maximum absolute atomic E-state index is 13.5. The first-order valence-corrected chi connectivity index (χ1v) is 8.40. The van der Waals surface area contributed by atoms with Gasteiger partial charge in [0.1, 0.15) is 0 Å². The summed E-state index contributed by atoms with van der Waals surface area (Å²) in [5.41, 5.74) is 0.151. The molecule has 28 heavy (non-hydrogen) atoms. The molecule has 1 aliphatic heterocycles. The number of nitrogens with zero attached hydrogens (tertiary/aromatic N) is 3. The third-order valence-electron chi connectivity index (χ3n) is 4.43. The lowest BCUT2D eigenvalue weighted by Gasteiger charge is -2.17. The predicted octanol–water partition coefficient (Wildman–Crippen LogP) is 1.81. The molecular weight excluding hydrogens is 371 g/mol. The highest BCUT2D eigenvalue weighted by Gasteiger charge is 2.35. The van der Waals surface area contributed by atoms with E-state index in [1.54, 1.807) is 18.3 Å². The summed E-state index contributed by atoms with van der Waals surface area (Å²) in [7, 11) is 1.48. The van der Waals surface area contributed by atoms with Crippen molar-refractivity contribution in [2.45, 2.75) is 13.0 Å². The second kappa shape index (κ2) is 7.99. The third kappa shape index (κ3) is 3.90. The van der Waals surface area contributed by atoms with Crippen molar-refractivity contribution >= 4 is 23.2 Å². The summed E-state index contributed by atoms with van der Waals surface area (Å²) in [5, 5.41) is 13.6. The van der Waals surface area contributed by atoms with E-state index in [9.17, 15) is 24.1 Å². The molecule has 10 heteroatoms. The van der Waals surface area contributed by atoms with E-state index in [1.807, 2.05) is 0 Å². The van der Waals surface area contributed by atoms with Gasteiger partial charge in [0.25, 0.3) is 0 Å². The van der Waals surface area contributed by atoms with Crippen LogP contribution in [0.3, 0.4) is 0 Å². The molecular formula is C18H17FN4O5. The molecule has 9 nitrogen and oxygen atoms in total. The largest absolute Gasteiger partial charge is 0.481 e. The number of rotatable bonds is 6. The molecule has 0 spiro atoms. The molecule has 3 rings (SSSR count). The molecule has 0 aliphatic carbocycles. The molecule has 2 amide bonds. The quantitative estimate of drug-likeness (QED) is 0.596. The number of hydrogen-bond acceptors (Lipinski definition) is 6. The highest BCUT2D eigenvalue weighted by atomic mass is 19.1. The second-order valence-electron chi connectivity index (χ2n) is 6.19. The fourth-order valence-corrected chi connectivity index (χ4v) is 3.01. The number of amides is 2. The van der Waals surface area contributed by atoms with Gasteiger partial charge in [-0.25, -0.2) is 4.98 Å². The van der Waals surface area contributed by atoms with Crippen molar-refractivity contribution in [1.82, 2.24) is 10.3 Å². The van der Waals surface area contributed by atoms with Crippen molar-refractivity contribution in [3.63, 3.8) is 0 Å². The minimum absolute atomic E-state index is 0.0405. The van der Waals surface area contributed by atoms with Crippen LogP contribution in [0.15, 0.2) is 36.5 Å². The fraction of sp³-hybridized carbons (Fsp3) is 0.278. The molecule has 1 saturated heterocycles. The van der Waals surface area contributed by atoms with E-state index in [0.717, 1.165) is 12.1 Å². The minimum atomic E-state index is -0.986. The van der Waals surface area contributed by atoms with Gasteiger partial charge in [0, 0.05) is 37.3 Å². The van der Waals surface area contributed by atoms with Gasteiger partial charge in [0.2, 0.25) is 23.5 Å². The summed E-state index contributed by atoms with van der Waals surface area (Å²) < 4.78 is 18.6. The number of carbonyl (C=O) groups is 2. The highest BCUT2D eigenvalue weighted by Crippen LogP contribution is 2.29. The highest BCUT2D eigenvalue weighted by molar-refractivity contribution is 6.00.